The maximum atomic E-state index is 12.5. The van der Waals surface area contributed by atoms with Gasteiger partial charge in [0.25, 0.3) is 0 Å². The van der Waals surface area contributed by atoms with E-state index in [1.54, 1.807) is 13.8 Å². The number of ether oxygens (including phenoxy) is 13. The molecule has 7 saturated heterocycles. The van der Waals surface area contributed by atoms with Crippen molar-refractivity contribution in [3.8, 4) is 0 Å². The first-order valence-electron chi connectivity index (χ1n) is 32.4. The summed E-state index contributed by atoms with van der Waals surface area (Å²) < 4.78 is 76.3. The number of carboxylic acids is 2. The van der Waals surface area contributed by atoms with Crippen LogP contribution in [0.1, 0.15) is 48.0 Å². The second kappa shape index (κ2) is 37.5. The molecule has 7 fully saturated rings. The van der Waals surface area contributed by atoms with Crippen molar-refractivity contribution in [3.63, 3.8) is 0 Å². The molecule has 7 aliphatic rings. The molecule has 0 spiro atoms. The number of aliphatic carboxylic acids is 2. The second-order valence-corrected chi connectivity index (χ2v) is 28.6. The number of hydrogen-bond acceptors (Lipinski definition) is 38. The molecule has 0 saturated carbocycles. The van der Waals surface area contributed by atoms with Gasteiger partial charge in [-0.15, -0.1) is 0 Å². The van der Waals surface area contributed by atoms with Crippen LogP contribution in [0.2, 0.25) is 0 Å². The van der Waals surface area contributed by atoms with E-state index in [-0.39, 0.29) is 35.5 Å². The summed E-state index contributed by atoms with van der Waals surface area (Å²) in [6.07, 6.45) is -59.0. The first-order chi connectivity index (χ1) is 46.3. The van der Waals surface area contributed by atoms with Gasteiger partial charge in [0.15, 0.2) is 37.7 Å². The Labute approximate surface area is 571 Å². The Balaban J connectivity index is 1.00. The summed E-state index contributed by atoms with van der Waals surface area (Å²) in [5.74, 6) is -3.74. The number of aliphatic hydroxyl groups is 19. The highest BCUT2D eigenvalue weighted by Gasteiger charge is 2.58. The zero-order chi connectivity index (χ0) is 72.5. The van der Waals surface area contributed by atoms with Crippen LogP contribution in [0.3, 0.4) is 0 Å². The van der Waals surface area contributed by atoms with Crippen molar-refractivity contribution >= 4 is 35.5 Å². The Bertz CT molecular complexity index is 2400. The maximum Gasteiger partial charge on any atom is 0.321 e. The number of hydrogen-bond donors (Lipinski definition) is 23. The van der Waals surface area contributed by atoms with E-state index in [0.717, 1.165) is 23.5 Å². The predicted molar refractivity (Wildman–Crippen MR) is 327 cm³/mol. The molecule has 0 radical (unpaired) electrons. The molecule has 7 rings (SSSR count). The highest BCUT2D eigenvalue weighted by atomic mass is 32.2. The Morgan fingerprint density at radius 3 is 1.15 bits per heavy atom. The van der Waals surface area contributed by atoms with E-state index >= 15 is 0 Å². The molecular weight excluding hydrogens is 1360 g/mol. The minimum absolute atomic E-state index is 0.0180. The molecule has 0 aliphatic carbocycles. The number of aliphatic hydroxyl groups excluding tert-OH is 19. The third kappa shape index (κ3) is 20.0. The van der Waals surface area contributed by atoms with E-state index in [9.17, 15) is 117 Å². The van der Waals surface area contributed by atoms with Crippen LogP contribution in [0.5, 0.6) is 0 Å². The van der Waals surface area contributed by atoms with E-state index in [1.807, 2.05) is 20.8 Å². The second-order valence-electron chi connectivity index (χ2n) is 26.5. The first-order valence-corrected chi connectivity index (χ1v) is 34.7. The molecule has 0 bridgehead atoms. The highest BCUT2D eigenvalue weighted by molar-refractivity contribution is 7.99. The summed E-state index contributed by atoms with van der Waals surface area (Å²) in [6, 6.07) is -2.11. The Morgan fingerprint density at radius 1 is 0.439 bits per heavy atom. The number of carboxylic acid groups (broad SMARTS) is 2. The lowest BCUT2D eigenvalue weighted by atomic mass is 9.90. The van der Waals surface area contributed by atoms with Gasteiger partial charge in [0, 0.05) is 34.5 Å². The van der Waals surface area contributed by atoms with Gasteiger partial charge < -0.3 is 174 Å². The largest absolute Gasteiger partial charge is 0.480 e. The summed E-state index contributed by atoms with van der Waals surface area (Å²) in [7, 11) is 0. The summed E-state index contributed by atoms with van der Waals surface area (Å²) >= 11 is 2.10. The number of nitrogens with one attached hydrogen (secondary N) is 2. The van der Waals surface area contributed by atoms with Gasteiger partial charge in [-0.25, -0.2) is 0 Å². The van der Waals surface area contributed by atoms with Gasteiger partial charge in [-0.1, -0.05) is 27.7 Å². The molecule has 40 heteroatoms. The van der Waals surface area contributed by atoms with Crippen molar-refractivity contribution in [2.75, 3.05) is 69.2 Å². The average molecular weight is 1470 g/mol. The lowest BCUT2D eigenvalue weighted by Gasteiger charge is -2.50. The van der Waals surface area contributed by atoms with Gasteiger partial charge in [-0.05, 0) is 32.7 Å². The van der Waals surface area contributed by atoms with Gasteiger partial charge in [0.1, 0.15) is 159 Å². The van der Waals surface area contributed by atoms with Gasteiger partial charge in [0.2, 0.25) is 0 Å². The van der Waals surface area contributed by atoms with Crippen molar-refractivity contribution < 1.29 is 178 Å². The van der Waals surface area contributed by atoms with Crippen LogP contribution >= 0.6 is 23.5 Å². The number of carbonyl (C=O) groups is 2. The van der Waals surface area contributed by atoms with Crippen molar-refractivity contribution in [1.29, 1.82) is 0 Å². The lowest BCUT2D eigenvalue weighted by Crippen LogP contribution is -2.67. The maximum absolute atomic E-state index is 12.5. The molecule has 7 heterocycles. The third-order valence-electron chi connectivity index (χ3n) is 18.4. The summed E-state index contributed by atoms with van der Waals surface area (Å²) in [5.41, 5.74) is -0.651. The molecule has 23 N–H and O–H groups in total. The standard InChI is InChI=1S/C58H102N2O36S2/c1-7-58(5,6)60-22(51(82)83)16-98-18-30-49(96-56-42(78)37(73)46(27(12-64)89-56)93-53-39(75)34(70)33(69)24(9-61)85-53)38(74)43(79)57(90-30)91-44-20(4)31(67)52(86-25(44)10-62)92-45-26(11-63)87-54(40(76)35(45)71)94-47-28(13-65)88-55(41(77)36(47)72)95-48-29(84-14-23(66)32(48)68)17-97-15-21(50(80)81)59-8-19(2)3/h19-49,52-57,59-79H,7-18H2,1-6H3,(H,80,81)(H,82,83)/t20?,21-,22-,23?,24?,25?,26?,27?,28?,29?,30?,31+,32+,33-,34+,35?,36-,37?,38?,39?,40+,41?,42+,43+,44+,45-,46-,47-,48-,49-,52-,53+,54-,55-,56+,57+/m1/s1. The average Bonchev–Trinajstić information content (AvgIpc) is 0.788. The fourth-order valence-electron chi connectivity index (χ4n) is 12.1. The molecule has 572 valence electrons. The monoisotopic (exact) mass is 1470 g/mol. The number of rotatable bonds is 33. The van der Waals surface area contributed by atoms with Crippen LogP contribution in [0.15, 0.2) is 0 Å². The van der Waals surface area contributed by atoms with E-state index in [1.165, 1.54) is 6.92 Å². The van der Waals surface area contributed by atoms with E-state index < -0.39 is 271 Å². The SMILES string of the molecule is CCC(C)(C)N[C@H](CSCC1O[C@@H](O[C@@H]2C(CO)O[C@H](O[C@@H]3C(CO)O[C@H](O[C@@H]4C(CO)O[C@H](O[C@@H]5C(CSC[C@@H](NCC(C)C)C(=O)O)OCC(O)[C@@H]5O)C(O)[C@H]4O)[C@@H](O)C3O)[C@@H](O)C2C)[C@@H](O)C(O)[C@@H]1O[C@@H]1OC(CO)[C@@H](O[C@@H]2OC(CO)[C@@H](O)[C@H](O)C2O)C(O)[C@@H]1O)C(=O)O. The summed E-state index contributed by atoms with van der Waals surface area (Å²) in [5, 5.41) is 235. The molecule has 0 aromatic carbocycles. The third-order valence-corrected chi connectivity index (χ3v) is 20.7. The van der Waals surface area contributed by atoms with Crippen LogP contribution in [0, 0.1) is 11.8 Å². The van der Waals surface area contributed by atoms with Crippen molar-refractivity contribution in [2.24, 2.45) is 11.8 Å². The minimum atomic E-state index is -2.16. The predicted octanol–water partition coefficient (Wildman–Crippen LogP) is -10.9. The lowest BCUT2D eigenvalue weighted by molar-refractivity contribution is -0.392. The zero-order valence-electron chi connectivity index (χ0n) is 54.7. The smallest absolute Gasteiger partial charge is 0.321 e. The molecule has 0 aromatic heterocycles. The molecular formula is C58H102N2O36S2. The fourth-order valence-corrected chi connectivity index (χ4v) is 14.4. The van der Waals surface area contributed by atoms with Crippen LogP contribution in [-0.4, -0.2) is 409 Å². The van der Waals surface area contributed by atoms with Gasteiger partial charge in [-0.3, -0.25) is 14.9 Å². The molecule has 0 aromatic rings. The van der Waals surface area contributed by atoms with Gasteiger partial charge >= 0.3 is 11.9 Å². The summed E-state index contributed by atoms with van der Waals surface area (Å²) in [4.78, 5) is 24.4. The molecule has 14 unspecified atom stereocenters. The molecule has 36 atom stereocenters. The van der Waals surface area contributed by atoms with Crippen molar-refractivity contribution in [2.45, 2.75) is 268 Å². The molecule has 0 amide bonds. The topological polar surface area (TPSA) is 603 Å². The molecule has 98 heavy (non-hydrogen) atoms. The minimum Gasteiger partial charge on any atom is -0.480 e. The van der Waals surface area contributed by atoms with Gasteiger partial charge in [0.05, 0.1) is 58.0 Å². The van der Waals surface area contributed by atoms with Crippen LogP contribution in [0.25, 0.3) is 0 Å². The first kappa shape index (κ1) is 83.6. The van der Waals surface area contributed by atoms with Crippen LogP contribution in [0.4, 0.5) is 0 Å². The quantitative estimate of drug-likeness (QED) is 0.0290. The van der Waals surface area contributed by atoms with Crippen LogP contribution in [-0.2, 0) is 71.2 Å². The van der Waals surface area contributed by atoms with Gasteiger partial charge in [-0.2, -0.15) is 23.5 Å². The Kier molecular flexibility index (Phi) is 32.0. The Hall–Kier alpha value is -1.72. The summed E-state index contributed by atoms with van der Waals surface area (Å²) in [6.45, 7) is 5.94. The molecule has 38 nitrogen and oxygen atoms in total. The van der Waals surface area contributed by atoms with E-state index in [2.05, 4.69) is 10.6 Å². The normalized spacial score (nSPS) is 45.1. The molecule has 7 aliphatic heterocycles. The zero-order valence-corrected chi connectivity index (χ0v) is 56.3. The Morgan fingerprint density at radius 2 is 0.765 bits per heavy atom. The van der Waals surface area contributed by atoms with Crippen LogP contribution < -0.4 is 10.6 Å². The fraction of sp³-hybridized carbons (Fsp3) is 0.966. The van der Waals surface area contributed by atoms with Crippen molar-refractivity contribution in [3.05, 3.63) is 0 Å². The highest BCUT2D eigenvalue weighted by Crippen LogP contribution is 2.39. The number of thioether (sulfide) groups is 2. The van der Waals surface area contributed by atoms with Crippen molar-refractivity contribution in [1.82, 2.24) is 10.6 Å². The van der Waals surface area contributed by atoms with E-state index in [4.69, 9.17) is 61.6 Å². The van der Waals surface area contributed by atoms with E-state index in [0.29, 0.717) is 13.0 Å².